The van der Waals surface area contributed by atoms with Gasteiger partial charge in [0.05, 0.1) is 13.2 Å². The van der Waals surface area contributed by atoms with Gasteiger partial charge in [-0.25, -0.2) is 0 Å². The van der Waals surface area contributed by atoms with Gasteiger partial charge in [-0.1, -0.05) is 13.8 Å². The second-order valence-electron chi connectivity index (χ2n) is 3.94. The molecule has 0 aliphatic heterocycles. The lowest BCUT2D eigenvalue weighted by Crippen LogP contribution is -2.18. The zero-order chi connectivity index (χ0) is 10.8. The van der Waals surface area contributed by atoms with Crippen molar-refractivity contribution in [1.29, 1.82) is 0 Å². The van der Waals surface area contributed by atoms with Crippen molar-refractivity contribution in [3.8, 4) is 0 Å². The first kappa shape index (κ1) is 13.9. The highest BCUT2D eigenvalue weighted by atomic mass is 16.5. The minimum Gasteiger partial charge on any atom is -0.382 e. The van der Waals surface area contributed by atoms with E-state index in [1.54, 1.807) is 7.11 Å². The van der Waals surface area contributed by atoms with Gasteiger partial charge < -0.3 is 15.2 Å². The topological polar surface area (TPSA) is 44.5 Å². The number of nitrogens with two attached hydrogens (primary N) is 1. The molecule has 3 heteroatoms. The molecule has 2 N–H and O–H groups in total. The molecule has 0 bridgehead atoms. The average molecular weight is 203 g/mol. The first-order chi connectivity index (χ1) is 6.72. The van der Waals surface area contributed by atoms with Crippen LogP contribution < -0.4 is 5.73 Å². The smallest absolute Gasteiger partial charge is 0.0700 e. The van der Waals surface area contributed by atoms with Crippen molar-refractivity contribution < 1.29 is 9.47 Å². The Kier molecular flexibility index (Phi) is 9.35. The van der Waals surface area contributed by atoms with E-state index in [1.807, 2.05) is 0 Å². The number of hydrogen-bond donors (Lipinski definition) is 1. The minimum absolute atomic E-state index is 0.619. The van der Waals surface area contributed by atoms with Crippen molar-refractivity contribution in [2.45, 2.75) is 26.7 Å². The Morgan fingerprint density at radius 3 is 2.36 bits per heavy atom. The molecular weight excluding hydrogens is 178 g/mol. The molecule has 0 radical (unpaired) electrons. The third kappa shape index (κ3) is 7.30. The van der Waals surface area contributed by atoms with Gasteiger partial charge in [0.1, 0.15) is 0 Å². The summed E-state index contributed by atoms with van der Waals surface area (Å²) >= 11 is 0. The van der Waals surface area contributed by atoms with Gasteiger partial charge in [0.15, 0.2) is 0 Å². The van der Waals surface area contributed by atoms with Gasteiger partial charge in [0.2, 0.25) is 0 Å². The van der Waals surface area contributed by atoms with E-state index in [1.165, 1.54) is 6.42 Å². The van der Waals surface area contributed by atoms with Crippen LogP contribution in [-0.4, -0.2) is 33.5 Å². The van der Waals surface area contributed by atoms with Crippen molar-refractivity contribution in [2.75, 3.05) is 33.5 Å². The van der Waals surface area contributed by atoms with Crippen LogP contribution in [0.2, 0.25) is 0 Å². The molecule has 0 heterocycles. The third-order valence-corrected chi connectivity index (χ3v) is 2.72. The Labute approximate surface area is 88.0 Å². The fourth-order valence-electron chi connectivity index (χ4n) is 1.27. The molecule has 3 nitrogen and oxygen atoms in total. The van der Waals surface area contributed by atoms with Crippen LogP contribution in [-0.2, 0) is 9.47 Å². The largest absolute Gasteiger partial charge is 0.382 e. The van der Waals surface area contributed by atoms with E-state index in [-0.39, 0.29) is 0 Å². The predicted octanol–water partition coefficient (Wildman–Crippen LogP) is 1.66. The van der Waals surface area contributed by atoms with Crippen LogP contribution in [0.3, 0.4) is 0 Å². The van der Waals surface area contributed by atoms with Crippen LogP contribution in [0, 0.1) is 11.8 Å². The highest BCUT2D eigenvalue weighted by Crippen LogP contribution is 2.15. The molecule has 0 aromatic heterocycles. The summed E-state index contributed by atoms with van der Waals surface area (Å²) in [6.45, 7) is 7.48. The van der Waals surface area contributed by atoms with Crippen LogP contribution in [0.25, 0.3) is 0 Å². The standard InChI is InChI=1S/C11H25NO2/c1-10(11(2)9-12)5-4-6-14-8-7-13-3/h10-11H,4-9,12H2,1-3H3. The Hall–Kier alpha value is -0.120. The van der Waals surface area contributed by atoms with Crippen LogP contribution in [0.15, 0.2) is 0 Å². The van der Waals surface area contributed by atoms with E-state index < -0.39 is 0 Å². The van der Waals surface area contributed by atoms with Crippen molar-refractivity contribution >= 4 is 0 Å². The predicted molar refractivity (Wildman–Crippen MR) is 59.3 cm³/mol. The monoisotopic (exact) mass is 203 g/mol. The van der Waals surface area contributed by atoms with Crippen LogP contribution >= 0.6 is 0 Å². The Morgan fingerprint density at radius 2 is 1.79 bits per heavy atom. The number of hydrogen-bond acceptors (Lipinski definition) is 3. The molecule has 2 unspecified atom stereocenters. The van der Waals surface area contributed by atoms with Crippen molar-refractivity contribution in [1.82, 2.24) is 0 Å². The molecule has 0 rings (SSSR count). The molecule has 0 aliphatic rings. The van der Waals surface area contributed by atoms with Gasteiger partial charge in [-0.05, 0) is 31.2 Å². The van der Waals surface area contributed by atoms with E-state index in [2.05, 4.69) is 13.8 Å². The molecular formula is C11H25NO2. The molecule has 0 saturated heterocycles. The molecule has 0 aromatic carbocycles. The third-order valence-electron chi connectivity index (χ3n) is 2.72. The second-order valence-corrected chi connectivity index (χ2v) is 3.94. The van der Waals surface area contributed by atoms with Gasteiger partial charge in [-0.3, -0.25) is 0 Å². The van der Waals surface area contributed by atoms with Crippen molar-refractivity contribution in [3.05, 3.63) is 0 Å². The fourth-order valence-corrected chi connectivity index (χ4v) is 1.27. The summed E-state index contributed by atoms with van der Waals surface area (Å²) in [5.41, 5.74) is 5.60. The normalized spacial score (nSPS) is 15.4. The summed E-state index contributed by atoms with van der Waals surface area (Å²) in [6, 6.07) is 0. The lowest BCUT2D eigenvalue weighted by atomic mass is 9.92. The summed E-state index contributed by atoms with van der Waals surface area (Å²) in [6.07, 6.45) is 2.32. The number of rotatable bonds is 9. The molecule has 14 heavy (non-hydrogen) atoms. The summed E-state index contributed by atoms with van der Waals surface area (Å²) in [5, 5.41) is 0. The first-order valence-electron chi connectivity index (χ1n) is 5.49. The summed E-state index contributed by atoms with van der Waals surface area (Å²) in [4.78, 5) is 0. The minimum atomic E-state index is 0.619. The molecule has 86 valence electrons. The quantitative estimate of drug-likeness (QED) is 0.580. The van der Waals surface area contributed by atoms with Gasteiger partial charge in [0, 0.05) is 13.7 Å². The van der Waals surface area contributed by atoms with E-state index in [0.29, 0.717) is 25.0 Å². The van der Waals surface area contributed by atoms with Gasteiger partial charge in [-0.2, -0.15) is 0 Å². The maximum atomic E-state index is 5.60. The first-order valence-corrected chi connectivity index (χ1v) is 5.49. The van der Waals surface area contributed by atoms with Crippen LogP contribution in [0.5, 0.6) is 0 Å². The zero-order valence-corrected chi connectivity index (χ0v) is 9.79. The molecule has 0 aliphatic carbocycles. The average Bonchev–Trinajstić information content (AvgIpc) is 2.21. The molecule has 0 amide bonds. The molecule has 0 fully saturated rings. The highest BCUT2D eigenvalue weighted by Gasteiger charge is 2.09. The summed E-state index contributed by atoms with van der Waals surface area (Å²) < 4.78 is 10.3. The lowest BCUT2D eigenvalue weighted by Gasteiger charge is -2.17. The highest BCUT2D eigenvalue weighted by molar-refractivity contribution is 4.62. The molecule has 2 atom stereocenters. The molecule has 0 spiro atoms. The van der Waals surface area contributed by atoms with Gasteiger partial charge in [-0.15, -0.1) is 0 Å². The Bertz CT molecular complexity index is 120. The fraction of sp³-hybridized carbons (Fsp3) is 1.00. The van der Waals surface area contributed by atoms with Crippen molar-refractivity contribution in [2.24, 2.45) is 17.6 Å². The summed E-state index contributed by atoms with van der Waals surface area (Å²) in [7, 11) is 1.69. The van der Waals surface area contributed by atoms with Gasteiger partial charge >= 0.3 is 0 Å². The van der Waals surface area contributed by atoms with E-state index in [0.717, 1.165) is 19.6 Å². The van der Waals surface area contributed by atoms with Crippen molar-refractivity contribution in [3.63, 3.8) is 0 Å². The number of methoxy groups -OCH3 is 1. The van der Waals surface area contributed by atoms with Crippen LogP contribution in [0.4, 0.5) is 0 Å². The Morgan fingerprint density at radius 1 is 1.07 bits per heavy atom. The van der Waals surface area contributed by atoms with Gasteiger partial charge in [0.25, 0.3) is 0 Å². The second kappa shape index (κ2) is 9.44. The summed E-state index contributed by atoms with van der Waals surface area (Å²) in [5.74, 6) is 1.32. The zero-order valence-electron chi connectivity index (χ0n) is 9.79. The van der Waals surface area contributed by atoms with E-state index in [4.69, 9.17) is 15.2 Å². The molecule has 0 saturated carbocycles. The van der Waals surface area contributed by atoms with Crippen LogP contribution in [0.1, 0.15) is 26.7 Å². The number of ether oxygens (including phenoxy) is 2. The Balaban J connectivity index is 3.18. The maximum absolute atomic E-state index is 5.60. The van der Waals surface area contributed by atoms with E-state index in [9.17, 15) is 0 Å². The maximum Gasteiger partial charge on any atom is 0.0700 e. The SMILES string of the molecule is COCCOCCCC(C)C(C)CN. The molecule has 0 aromatic rings. The van der Waals surface area contributed by atoms with E-state index >= 15 is 0 Å². The lowest BCUT2D eigenvalue weighted by molar-refractivity contribution is 0.0666.